The number of anilines is 1. The molecule has 26 heavy (non-hydrogen) atoms. The van der Waals surface area contributed by atoms with Crippen molar-refractivity contribution in [1.82, 2.24) is 9.55 Å². The number of hydrogen-bond acceptors (Lipinski definition) is 6. The van der Waals surface area contributed by atoms with Gasteiger partial charge in [0, 0.05) is 30.8 Å². The summed E-state index contributed by atoms with van der Waals surface area (Å²) in [6.45, 7) is 0.708. The largest absolute Gasteiger partial charge is 0.465 e. The van der Waals surface area contributed by atoms with Gasteiger partial charge < -0.3 is 19.4 Å². The maximum Gasteiger partial charge on any atom is 0.339 e. The average molecular weight is 357 g/mol. The summed E-state index contributed by atoms with van der Waals surface area (Å²) in [6, 6.07) is 4.31. The molecule has 0 radical (unpaired) electrons. The molecule has 0 fully saturated rings. The van der Waals surface area contributed by atoms with Gasteiger partial charge >= 0.3 is 11.9 Å². The van der Waals surface area contributed by atoms with Gasteiger partial charge in [0.2, 0.25) is 5.91 Å². The van der Waals surface area contributed by atoms with Crippen molar-refractivity contribution < 1.29 is 23.9 Å². The van der Waals surface area contributed by atoms with Crippen molar-refractivity contribution in [3.8, 4) is 0 Å². The van der Waals surface area contributed by atoms with Crippen molar-refractivity contribution in [1.29, 1.82) is 0 Å². The zero-order chi connectivity index (χ0) is 18.7. The summed E-state index contributed by atoms with van der Waals surface area (Å²) in [5.74, 6) is -1.62. The third-order valence-electron chi connectivity index (χ3n) is 4.45. The van der Waals surface area contributed by atoms with Gasteiger partial charge in [0.25, 0.3) is 0 Å². The number of hydrogen-bond donors (Lipinski definition) is 1. The summed E-state index contributed by atoms with van der Waals surface area (Å²) in [6.07, 6.45) is 4.73. The van der Waals surface area contributed by atoms with E-state index in [0.717, 1.165) is 5.69 Å². The van der Waals surface area contributed by atoms with Crippen molar-refractivity contribution in [2.75, 3.05) is 19.5 Å². The Morgan fingerprint density at radius 1 is 1.19 bits per heavy atom. The number of fused-ring (bicyclic) bond motifs is 1. The molecular weight excluding hydrogens is 338 g/mol. The van der Waals surface area contributed by atoms with Gasteiger partial charge in [-0.15, -0.1) is 0 Å². The first-order valence-corrected chi connectivity index (χ1v) is 8.14. The lowest BCUT2D eigenvalue weighted by atomic mass is 9.95. The van der Waals surface area contributed by atoms with Crippen molar-refractivity contribution in [3.63, 3.8) is 0 Å². The summed E-state index contributed by atoms with van der Waals surface area (Å²) in [4.78, 5) is 40.5. The molecule has 0 spiro atoms. The molecule has 0 saturated heterocycles. The molecule has 1 aromatic carbocycles. The van der Waals surface area contributed by atoms with E-state index in [0.29, 0.717) is 19.4 Å². The molecule has 1 aromatic heterocycles. The third-order valence-corrected chi connectivity index (χ3v) is 4.45. The van der Waals surface area contributed by atoms with Gasteiger partial charge in [-0.2, -0.15) is 0 Å². The van der Waals surface area contributed by atoms with Crippen LogP contribution in [0.25, 0.3) is 0 Å². The number of nitrogens with zero attached hydrogens (tertiary/aromatic N) is 2. The van der Waals surface area contributed by atoms with Crippen LogP contribution in [0.1, 0.15) is 32.8 Å². The number of aryl methyl sites for hydroxylation is 1. The van der Waals surface area contributed by atoms with Crippen molar-refractivity contribution in [2.45, 2.75) is 19.4 Å². The minimum Gasteiger partial charge on any atom is -0.465 e. The average Bonchev–Trinajstić information content (AvgIpc) is 3.14. The van der Waals surface area contributed by atoms with Crippen LogP contribution in [0.4, 0.5) is 5.69 Å². The molecule has 2 heterocycles. The van der Waals surface area contributed by atoms with Crippen LogP contribution in [0.2, 0.25) is 0 Å². The Kier molecular flexibility index (Phi) is 5.01. The zero-order valence-electron chi connectivity index (χ0n) is 14.5. The molecule has 1 unspecified atom stereocenters. The van der Waals surface area contributed by atoms with E-state index in [2.05, 4.69) is 10.3 Å². The van der Waals surface area contributed by atoms with Crippen LogP contribution in [0, 0.1) is 5.92 Å². The van der Waals surface area contributed by atoms with E-state index in [9.17, 15) is 14.4 Å². The molecule has 8 nitrogen and oxygen atoms in total. The van der Waals surface area contributed by atoms with E-state index < -0.39 is 11.9 Å². The smallest absolute Gasteiger partial charge is 0.339 e. The van der Waals surface area contributed by atoms with Crippen LogP contribution in [-0.2, 0) is 27.2 Å². The molecule has 8 heteroatoms. The highest BCUT2D eigenvalue weighted by Gasteiger charge is 2.26. The van der Waals surface area contributed by atoms with E-state index in [-0.39, 0.29) is 28.6 Å². The summed E-state index contributed by atoms with van der Waals surface area (Å²) < 4.78 is 11.5. The molecule has 1 N–H and O–H groups in total. The Balaban J connectivity index is 1.84. The molecule has 0 aliphatic carbocycles. The van der Waals surface area contributed by atoms with E-state index >= 15 is 0 Å². The fraction of sp³-hybridized carbons (Fsp3) is 0.333. The van der Waals surface area contributed by atoms with Crippen molar-refractivity contribution in [2.24, 2.45) is 5.92 Å². The standard InChI is InChI=1S/C18H19N3O5/c1-25-17(23)12-3-4-14(18(24)26-2)15(8-12)20-16(22)11-5-6-21-10-19-9-13(21)7-11/h3-4,8-11H,5-7H2,1-2H3,(H,20,22). The number of aromatic nitrogens is 2. The number of imidazole rings is 1. The summed E-state index contributed by atoms with van der Waals surface area (Å²) >= 11 is 0. The molecule has 136 valence electrons. The second-order valence-electron chi connectivity index (χ2n) is 6.00. The number of methoxy groups -OCH3 is 2. The van der Waals surface area contributed by atoms with Gasteiger partial charge in [0.15, 0.2) is 0 Å². The lowest BCUT2D eigenvalue weighted by Crippen LogP contribution is -2.30. The van der Waals surface area contributed by atoms with Gasteiger partial charge in [0.05, 0.1) is 37.4 Å². The number of carbonyl (C=O) groups is 3. The minimum absolute atomic E-state index is 0.175. The molecular formula is C18H19N3O5. The van der Waals surface area contributed by atoms with Crippen molar-refractivity contribution >= 4 is 23.5 Å². The lowest BCUT2D eigenvalue weighted by Gasteiger charge is -2.23. The Hall–Kier alpha value is -3.16. The maximum atomic E-state index is 12.7. The number of esters is 2. The van der Waals surface area contributed by atoms with Crippen LogP contribution < -0.4 is 5.32 Å². The second kappa shape index (κ2) is 7.38. The number of benzene rings is 1. The van der Waals surface area contributed by atoms with Crippen LogP contribution in [0.3, 0.4) is 0 Å². The highest BCUT2D eigenvalue weighted by atomic mass is 16.5. The monoisotopic (exact) mass is 357 g/mol. The van der Waals surface area contributed by atoms with Crippen LogP contribution >= 0.6 is 0 Å². The lowest BCUT2D eigenvalue weighted by molar-refractivity contribution is -0.120. The molecule has 1 atom stereocenters. The van der Waals surface area contributed by atoms with Gasteiger partial charge in [-0.3, -0.25) is 4.79 Å². The minimum atomic E-state index is -0.599. The number of ether oxygens (including phenoxy) is 2. The first-order valence-electron chi connectivity index (χ1n) is 8.14. The molecule has 1 aliphatic rings. The molecule has 3 rings (SSSR count). The van der Waals surface area contributed by atoms with E-state index in [1.807, 2.05) is 4.57 Å². The quantitative estimate of drug-likeness (QED) is 0.836. The van der Waals surface area contributed by atoms with E-state index in [1.165, 1.54) is 32.4 Å². The third kappa shape index (κ3) is 3.44. The fourth-order valence-electron chi connectivity index (χ4n) is 3.01. The molecule has 0 saturated carbocycles. The van der Waals surface area contributed by atoms with Gasteiger partial charge in [0.1, 0.15) is 0 Å². The highest BCUT2D eigenvalue weighted by molar-refractivity contribution is 6.04. The Bertz CT molecular complexity index is 858. The van der Waals surface area contributed by atoms with E-state index in [4.69, 9.17) is 9.47 Å². The Morgan fingerprint density at radius 3 is 2.69 bits per heavy atom. The first-order chi connectivity index (χ1) is 12.5. The normalized spacial score (nSPS) is 15.7. The predicted octanol–water partition coefficient (Wildman–Crippen LogP) is 1.66. The number of nitrogens with one attached hydrogen (secondary N) is 1. The molecule has 0 bridgehead atoms. The van der Waals surface area contributed by atoms with Crippen LogP contribution in [0.15, 0.2) is 30.7 Å². The second-order valence-corrected chi connectivity index (χ2v) is 6.00. The SMILES string of the molecule is COC(=O)c1ccc(C(=O)OC)c(NC(=O)C2CCn3cncc3C2)c1. The first kappa shape index (κ1) is 17.7. The predicted molar refractivity (Wildman–Crippen MR) is 91.8 cm³/mol. The topological polar surface area (TPSA) is 99.5 Å². The number of carbonyl (C=O) groups excluding carboxylic acids is 3. The van der Waals surface area contributed by atoms with Crippen molar-refractivity contribution in [3.05, 3.63) is 47.5 Å². The summed E-state index contributed by atoms with van der Waals surface area (Å²) in [5, 5.41) is 2.76. The summed E-state index contributed by atoms with van der Waals surface area (Å²) in [5.41, 5.74) is 1.63. The van der Waals surface area contributed by atoms with Gasteiger partial charge in [-0.05, 0) is 24.6 Å². The number of rotatable bonds is 4. The Labute approximate surface area is 150 Å². The molecule has 1 amide bonds. The maximum absolute atomic E-state index is 12.7. The molecule has 2 aromatic rings. The van der Waals surface area contributed by atoms with Gasteiger partial charge in [-0.25, -0.2) is 14.6 Å². The van der Waals surface area contributed by atoms with Crippen LogP contribution in [0.5, 0.6) is 0 Å². The summed E-state index contributed by atoms with van der Waals surface area (Å²) in [7, 11) is 2.52. The van der Waals surface area contributed by atoms with Gasteiger partial charge in [-0.1, -0.05) is 0 Å². The van der Waals surface area contributed by atoms with E-state index in [1.54, 1.807) is 12.5 Å². The highest BCUT2D eigenvalue weighted by Crippen LogP contribution is 2.24. The fourth-order valence-corrected chi connectivity index (χ4v) is 3.01. The van der Waals surface area contributed by atoms with Crippen LogP contribution in [-0.4, -0.2) is 41.6 Å². The zero-order valence-corrected chi connectivity index (χ0v) is 14.5. The number of amides is 1. The molecule has 1 aliphatic heterocycles. The Morgan fingerprint density at radius 2 is 1.96 bits per heavy atom.